The van der Waals surface area contributed by atoms with Crippen LogP contribution in [0.15, 0.2) is 22.1 Å². The van der Waals surface area contributed by atoms with Gasteiger partial charge in [-0.05, 0) is 0 Å². The summed E-state index contributed by atoms with van der Waals surface area (Å²) in [5.41, 5.74) is -1.20. The monoisotopic (exact) mass is 334 g/mol. The second-order valence-electron chi connectivity index (χ2n) is 4.29. The van der Waals surface area contributed by atoms with Gasteiger partial charge in [-0.25, -0.2) is 9.78 Å². The van der Waals surface area contributed by atoms with E-state index >= 15 is 0 Å². The van der Waals surface area contributed by atoms with E-state index in [1.807, 2.05) is 0 Å². The Labute approximate surface area is 125 Å². The van der Waals surface area contributed by atoms with Crippen LogP contribution in [0.2, 0.25) is 0 Å². The van der Waals surface area contributed by atoms with Gasteiger partial charge in [-0.3, -0.25) is 4.79 Å². The molecule has 0 unspecified atom stereocenters. The molecule has 2 aromatic heterocycles. The normalized spacial score (nSPS) is 11.5. The number of rotatable bonds is 4. The number of furan rings is 1. The fourth-order valence-electron chi connectivity index (χ4n) is 1.54. The molecule has 1 N–H and O–H groups in total. The zero-order valence-corrected chi connectivity index (χ0v) is 11.9. The predicted molar refractivity (Wildman–Crippen MR) is 68.6 cm³/mol. The number of amides is 1. The summed E-state index contributed by atoms with van der Waals surface area (Å²) in [5.74, 6) is -2.12. The molecule has 0 aliphatic rings. The van der Waals surface area contributed by atoms with Gasteiger partial charge >= 0.3 is 12.1 Å². The lowest BCUT2D eigenvalue weighted by atomic mass is 10.3. The number of carbonyl (C=O) groups excluding carboxylic acids is 1. The first-order valence-electron chi connectivity index (χ1n) is 5.77. The van der Waals surface area contributed by atoms with Crippen LogP contribution in [0.3, 0.4) is 0 Å². The third-order valence-corrected chi connectivity index (χ3v) is 3.45. The number of hydrogen-bond donors (Lipinski definition) is 1. The van der Waals surface area contributed by atoms with Crippen molar-refractivity contribution in [2.45, 2.75) is 12.7 Å². The molecule has 22 heavy (non-hydrogen) atoms. The van der Waals surface area contributed by atoms with Crippen molar-refractivity contribution in [3.8, 4) is 0 Å². The molecule has 2 rings (SSSR count). The first-order valence-corrected chi connectivity index (χ1v) is 6.65. The maximum absolute atomic E-state index is 12.4. The number of carboxylic acid groups (broad SMARTS) is 1. The third-order valence-electron chi connectivity index (χ3n) is 2.62. The molecule has 0 aliphatic carbocycles. The molecule has 0 radical (unpaired) electrons. The van der Waals surface area contributed by atoms with Crippen molar-refractivity contribution in [2.24, 2.45) is 0 Å². The molecule has 0 atom stereocenters. The molecule has 0 aromatic carbocycles. The third kappa shape index (κ3) is 3.45. The highest BCUT2D eigenvalue weighted by Gasteiger charge is 2.33. The van der Waals surface area contributed by atoms with Gasteiger partial charge in [0.1, 0.15) is 11.3 Å². The number of halogens is 3. The van der Waals surface area contributed by atoms with Gasteiger partial charge in [0.05, 0.1) is 12.1 Å². The van der Waals surface area contributed by atoms with E-state index in [4.69, 9.17) is 9.52 Å². The zero-order valence-electron chi connectivity index (χ0n) is 11.0. The smallest absolute Gasteiger partial charge is 0.434 e. The van der Waals surface area contributed by atoms with E-state index < -0.39 is 23.7 Å². The molecule has 0 saturated heterocycles. The van der Waals surface area contributed by atoms with Crippen molar-refractivity contribution >= 4 is 23.2 Å². The lowest BCUT2D eigenvalue weighted by Crippen LogP contribution is -2.25. The van der Waals surface area contributed by atoms with Gasteiger partial charge in [-0.2, -0.15) is 13.2 Å². The summed E-state index contributed by atoms with van der Waals surface area (Å²) in [6.45, 7) is -0.150. The topological polar surface area (TPSA) is 83.6 Å². The Morgan fingerprint density at radius 3 is 2.64 bits per heavy atom. The number of aromatic nitrogens is 1. The number of aromatic carboxylic acids is 1. The van der Waals surface area contributed by atoms with Crippen molar-refractivity contribution in [1.29, 1.82) is 0 Å². The number of carboxylic acids is 1. The van der Waals surface area contributed by atoms with Crippen LogP contribution in [-0.4, -0.2) is 33.9 Å². The predicted octanol–water partition coefficient (Wildman–Crippen LogP) is 2.73. The van der Waals surface area contributed by atoms with Gasteiger partial charge in [0.2, 0.25) is 0 Å². The molecule has 0 bridgehead atoms. The fourth-order valence-corrected chi connectivity index (χ4v) is 2.39. The minimum Gasteiger partial charge on any atom is -0.478 e. The fraction of sp³-hybridized carbons (Fsp3) is 0.250. The summed E-state index contributed by atoms with van der Waals surface area (Å²) >= 11 is 0.778. The van der Waals surface area contributed by atoms with Gasteiger partial charge in [0, 0.05) is 18.5 Å². The van der Waals surface area contributed by atoms with Gasteiger partial charge in [0.15, 0.2) is 11.5 Å². The summed E-state index contributed by atoms with van der Waals surface area (Å²) in [4.78, 5) is 27.2. The minimum absolute atomic E-state index is 0.105. The summed E-state index contributed by atoms with van der Waals surface area (Å²) in [5, 5.41) is 9.70. The largest absolute Gasteiger partial charge is 0.478 e. The van der Waals surface area contributed by atoms with E-state index in [0.717, 1.165) is 33.9 Å². The molecule has 2 heterocycles. The summed E-state index contributed by atoms with van der Waals surface area (Å²) in [7, 11) is 1.35. The minimum atomic E-state index is -4.53. The van der Waals surface area contributed by atoms with Crippen molar-refractivity contribution in [2.75, 3.05) is 7.05 Å². The van der Waals surface area contributed by atoms with Crippen LogP contribution in [0.4, 0.5) is 13.2 Å². The Balaban J connectivity index is 2.07. The molecular formula is C12H9F3N2O4S. The van der Waals surface area contributed by atoms with Gasteiger partial charge in [-0.15, -0.1) is 11.3 Å². The average molecular weight is 334 g/mol. The lowest BCUT2D eigenvalue weighted by molar-refractivity contribution is -0.140. The van der Waals surface area contributed by atoms with Crippen molar-refractivity contribution in [3.05, 3.63) is 39.7 Å². The summed E-state index contributed by atoms with van der Waals surface area (Å²) in [6, 6.07) is 1.05. The summed E-state index contributed by atoms with van der Waals surface area (Å²) in [6.07, 6.45) is -3.62. The summed E-state index contributed by atoms with van der Waals surface area (Å²) < 4.78 is 42.1. The highest BCUT2D eigenvalue weighted by Crippen LogP contribution is 2.30. The molecule has 6 nitrogen and oxygen atoms in total. The van der Waals surface area contributed by atoms with E-state index in [-0.39, 0.29) is 22.9 Å². The van der Waals surface area contributed by atoms with Gasteiger partial charge in [0.25, 0.3) is 5.91 Å². The molecule has 118 valence electrons. The van der Waals surface area contributed by atoms with Crippen LogP contribution in [0.1, 0.15) is 31.6 Å². The van der Waals surface area contributed by atoms with Gasteiger partial charge in [-0.1, -0.05) is 0 Å². The van der Waals surface area contributed by atoms with Crippen LogP contribution in [0.25, 0.3) is 0 Å². The molecule has 0 saturated carbocycles. The van der Waals surface area contributed by atoms with E-state index in [9.17, 15) is 22.8 Å². The van der Waals surface area contributed by atoms with Crippen molar-refractivity contribution in [1.82, 2.24) is 9.88 Å². The first kappa shape index (κ1) is 16.0. The van der Waals surface area contributed by atoms with Crippen molar-refractivity contribution in [3.63, 3.8) is 0 Å². The zero-order chi connectivity index (χ0) is 16.5. The van der Waals surface area contributed by atoms with Crippen molar-refractivity contribution < 1.29 is 32.3 Å². The highest BCUT2D eigenvalue weighted by atomic mass is 32.1. The number of alkyl halides is 3. The molecule has 0 spiro atoms. The number of nitrogens with zero attached hydrogens (tertiary/aromatic N) is 2. The van der Waals surface area contributed by atoms with E-state index in [1.165, 1.54) is 7.05 Å². The van der Waals surface area contributed by atoms with Crippen LogP contribution < -0.4 is 0 Å². The molecule has 0 aliphatic heterocycles. The second kappa shape index (κ2) is 5.79. The molecular weight excluding hydrogens is 325 g/mol. The number of thiazole rings is 1. The first-order chi connectivity index (χ1) is 10.2. The quantitative estimate of drug-likeness (QED) is 0.929. The number of carbonyl (C=O) groups is 2. The lowest BCUT2D eigenvalue weighted by Gasteiger charge is -2.13. The number of hydrogen-bond acceptors (Lipinski definition) is 5. The Hall–Kier alpha value is -2.36. The Morgan fingerprint density at radius 2 is 2.14 bits per heavy atom. The maximum Gasteiger partial charge on any atom is 0.434 e. The second-order valence-corrected chi connectivity index (χ2v) is 5.23. The van der Waals surface area contributed by atoms with Crippen LogP contribution in [-0.2, 0) is 12.7 Å². The maximum atomic E-state index is 12.4. The van der Waals surface area contributed by atoms with Crippen LogP contribution >= 0.6 is 11.3 Å². The molecule has 10 heteroatoms. The van der Waals surface area contributed by atoms with Crippen LogP contribution in [0.5, 0.6) is 0 Å². The molecule has 0 fully saturated rings. The van der Waals surface area contributed by atoms with E-state index in [2.05, 4.69) is 4.98 Å². The average Bonchev–Trinajstić information content (AvgIpc) is 3.05. The van der Waals surface area contributed by atoms with Crippen LogP contribution in [0, 0.1) is 0 Å². The molecule has 1 amide bonds. The molecule has 2 aromatic rings. The Bertz CT molecular complexity index is 707. The Morgan fingerprint density at radius 1 is 1.45 bits per heavy atom. The highest BCUT2D eigenvalue weighted by molar-refractivity contribution is 7.09. The van der Waals surface area contributed by atoms with E-state index in [1.54, 1.807) is 0 Å². The van der Waals surface area contributed by atoms with E-state index in [0.29, 0.717) is 0 Å². The SMILES string of the molecule is CN(Cc1nc(C(F)(F)F)cs1)C(=O)c1cc(C(=O)O)co1. The standard InChI is InChI=1S/C12H9F3N2O4S/c1-17(3-9-16-8(5-22-9)12(13,14)15)10(18)7-2-6(4-21-7)11(19)20/h2,4-5H,3H2,1H3,(H,19,20). The Kier molecular flexibility index (Phi) is 4.22. The van der Waals surface area contributed by atoms with Gasteiger partial charge < -0.3 is 14.4 Å².